The monoisotopic (exact) mass is 2290 g/mol. The van der Waals surface area contributed by atoms with E-state index in [0.717, 1.165) is 37.5 Å². The Morgan fingerprint density at radius 2 is 0.526 bits per heavy atom. The first-order valence-electron chi connectivity index (χ1n) is 52.6. The van der Waals surface area contributed by atoms with E-state index in [9.17, 15) is 0 Å². The van der Waals surface area contributed by atoms with Crippen LogP contribution in [-0.4, -0.2) is 96.1 Å². The van der Waals surface area contributed by atoms with Gasteiger partial charge in [-0.1, -0.05) is 129 Å². The van der Waals surface area contributed by atoms with Crippen LogP contribution in [0.3, 0.4) is 0 Å². The fraction of sp³-hybridized carbons (Fsp3) is 0.640. The molecule has 19 heteroatoms. The third kappa shape index (κ3) is 38.5. The molecule has 9 aliphatic carbocycles. The first-order chi connectivity index (χ1) is 64.2. The second kappa shape index (κ2) is 62.4. The molecule has 11 fully saturated rings. The number of thioether (sulfide) groups is 1. The van der Waals surface area contributed by atoms with Crippen molar-refractivity contribution in [2.45, 2.75) is 448 Å². The standard InChI is InChI=1S/2C21H27N2.3C18H33P.C10H12O.C7H6S.CH3P.6ClH.3Ru/c2*1-14-9-16(3)20(17(4)10-14)22-7-8-23(13-22)21-18(5)11-15(2)12-19(21)6;3*1-4-10-16(11-5-1)19(17-12-6-2-7-13-17)18-14-8-3-9-15-18;1-8(2)11-10-7-5-4-6-9(10)3;1-8-7-5-3-2-4-6-7;1-2;;;;;;;;;/h2*9-13H,7-8H2,1-6H3;3*16-18H,1-15H2;3-8H,1-2H3;1-6H;1H,2H2;6*1H;;;/q2*-1;;;;;;;;;;;;;3*+2/p-3. The van der Waals surface area contributed by atoms with Crippen LogP contribution >= 0.6 is 103 Å². The molecule has 0 aromatic heterocycles. The number of benzene rings is 6. The normalized spacial score (nSPS) is 20.0. The van der Waals surface area contributed by atoms with Crippen LogP contribution < -0.4 is 24.3 Å². The van der Waals surface area contributed by atoms with Crippen molar-refractivity contribution in [1.82, 2.24) is 0 Å². The first-order valence-corrected chi connectivity index (χ1v) is 75.7. The number of para-hydroxylation sites is 1. The molecule has 9 saturated carbocycles. The predicted octanol–water partition coefficient (Wildman–Crippen LogP) is 37.1. The van der Waals surface area contributed by atoms with Gasteiger partial charge >= 0.3 is 228 Å². The summed E-state index contributed by atoms with van der Waals surface area (Å²) < 4.78 is 11.2. The maximum atomic E-state index is 5.82. The van der Waals surface area contributed by atoms with Crippen molar-refractivity contribution in [2.75, 3.05) is 45.8 Å². The summed E-state index contributed by atoms with van der Waals surface area (Å²) >= 11 is -3.16. The number of hydrogen-bond acceptors (Lipinski definition) is 6. The van der Waals surface area contributed by atoms with Crippen LogP contribution in [0.4, 0.5) is 22.7 Å². The molecule has 2 saturated heterocycles. The van der Waals surface area contributed by atoms with Crippen molar-refractivity contribution in [2.24, 2.45) is 0 Å². The zero-order valence-electron chi connectivity index (χ0n) is 84.6. The SMILES string of the molecule is C1CCC([PH+](C2CCCCC2)C2CCCCC2)CC1.C1CCC([PH+](C2CCCCC2)C2CCCCC2)CC1.C1CCC([PH+](C2CCCCC2)C2CCCCC2)CC1.CC(C)Oc1ccccc1[CH]=[Ru]([Cl])[Cl].Cc1cc(C)c(N2[CH-]N(c3c(C)cc(C)cc3C)CC2)c(C)c1.Cc1cc(C)c(N2[CH-]N(c3c(C)cc(C)cc3C)CC2)c(C)c1.P[CH]=[Ru]([Cl])[Cl].[Cl][Ru]([Cl])=[CH]Sc1ccccc1. The molecular weight excluding hydrogens is 2110 g/mol. The number of nitrogens with zero attached hydrogens (tertiary/aromatic N) is 4. The molecule has 5 nitrogen and oxygen atoms in total. The van der Waals surface area contributed by atoms with Gasteiger partial charge in [0.2, 0.25) is 0 Å². The molecule has 0 bridgehead atoms. The molecular formula is C114H177Cl6N4OP4Ru3S+. The van der Waals surface area contributed by atoms with Crippen LogP contribution in [0.5, 0.6) is 5.75 Å². The minimum atomic E-state index is -1.77. The van der Waals surface area contributed by atoms with E-state index < -0.39 is 40.6 Å². The number of aryl methyl sites for hydroxylation is 12. The number of rotatable bonds is 18. The Bertz CT molecular complexity index is 3850. The Labute approximate surface area is 863 Å². The third-order valence-corrected chi connectivity index (χ3v) is 55.3. The summed E-state index contributed by atoms with van der Waals surface area (Å²) in [4.78, 5) is 10.8. The zero-order valence-corrected chi connectivity index (χ0v) is 99.4. The molecule has 750 valence electrons. The topological polar surface area (TPSA) is 22.2 Å². The fourth-order valence-electron chi connectivity index (χ4n) is 25.7. The maximum absolute atomic E-state index is 5.82. The van der Waals surface area contributed by atoms with Crippen molar-refractivity contribution in [3.63, 3.8) is 0 Å². The molecule has 0 radical (unpaired) electrons. The molecule has 2 heterocycles. The van der Waals surface area contributed by atoms with Gasteiger partial charge in [0, 0.05) is 72.7 Å². The van der Waals surface area contributed by atoms with Crippen molar-refractivity contribution >= 4 is 139 Å². The van der Waals surface area contributed by atoms with Crippen LogP contribution in [0.25, 0.3) is 0 Å². The molecule has 133 heavy (non-hydrogen) atoms. The molecule has 0 spiro atoms. The van der Waals surface area contributed by atoms with Gasteiger partial charge in [-0.25, -0.2) is 0 Å². The molecule has 6 aromatic rings. The number of halogens is 6. The Hall–Kier alpha value is -0.390. The summed E-state index contributed by atoms with van der Waals surface area (Å²) in [5.41, 5.74) is 33.7. The second-order valence-corrected chi connectivity index (χ2v) is 72.2. The van der Waals surface area contributed by atoms with E-state index in [1.54, 1.807) is 305 Å². The molecule has 17 rings (SSSR count). The number of anilines is 4. The predicted molar refractivity (Wildman–Crippen MR) is 604 cm³/mol. The summed E-state index contributed by atoms with van der Waals surface area (Å²) in [7, 11) is 35.8. The van der Waals surface area contributed by atoms with Gasteiger partial charge in [-0.15, -0.1) is 0 Å². The van der Waals surface area contributed by atoms with Crippen molar-refractivity contribution in [3.8, 4) is 5.75 Å². The van der Waals surface area contributed by atoms with Crippen molar-refractivity contribution in [1.29, 1.82) is 0 Å². The van der Waals surface area contributed by atoms with Gasteiger partial charge in [0.15, 0.2) is 0 Å². The molecule has 6 aromatic carbocycles. The summed E-state index contributed by atoms with van der Waals surface area (Å²) in [5.74, 6) is 0.850. The molecule has 0 amide bonds. The van der Waals surface area contributed by atoms with E-state index in [1.807, 2.05) is 77.0 Å². The summed E-state index contributed by atoms with van der Waals surface area (Å²) in [6.07, 6.45) is 71.5. The van der Waals surface area contributed by atoms with Gasteiger partial charge in [0.05, 0.1) is 50.9 Å². The Morgan fingerprint density at radius 1 is 0.316 bits per heavy atom. The molecule has 0 N–H and O–H groups in total. The average Bonchev–Trinajstić information content (AvgIpc) is 1.67. The van der Waals surface area contributed by atoms with Gasteiger partial charge in [0.25, 0.3) is 0 Å². The van der Waals surface area contributed by atoms with E-state index in [4.69, 9.17) is 62.9 Å². The number of ether oxygens (including phenoxy) is 1. The van der Waals surface area contributed by atoms with Crippen LogP contribution in [0.1, 0.15) is 375 Å². The Morgan fingerprint density at radius 3 is 0.722 bits per heavy atom. The average molecular weight is 2290 g/mol. The Kier molecular flexibility index (Phi) is 53.8. The van der Waals surface area contributed by atoms with E-state index in [0.29, 0.717) is 0 Å². The number of hydrogen-bond donors (Lipinski definition) is 0. The molecule has 1 atom stereocenters. The fourth-order valence-corrected chi connectivity index (χ4v) is 45.9. The summed E-state index contributed by atoms with van der Waals surface area (Å²) in [5, 5.41) is 0. The molecule has 1 unspecified atom stereocenters. The zero-order chi connectivity index (χ0) is 95.1. The second-order valence-electron chi connectivity index (χ2n) is 41.6. The van der Waals surface area contributed by atoms with Crippen molar-refractivity contribution < 1.29 is 45.3 Å². The van der Waals surface area contributed by atoms with Gasteiger partial charge in [-0.05, 0) is 359 Å². The summed E-state index contributed by atoms with van der Waals surface area (Å²) in [6.45, 7) is 39.1. The first kappa shape index (κ1) is 115. The van der Waals surface area contributed by atoms with Gasteiger partial charge in [0.1, 0.15) is 0 Å². The van der Waals surface area contributed by atoms with Crippen LogP contribution in [0.2, 0.25) is 0 Å². The molecule has 11 aliphatic rings. The van der Waals surface area contributed by atoms with E-state index in [-0.39, 0.29) is 29.9 Å². The van der Waals surface area contributed by atoms with Gasteiger partial charge in [-0.2, -0.15) is 13.3 Å². The van der Waals surface area contributed by atoms with E-state index >= 15 is 0 Å². The molecule has 2 aliphatic heterocycles. The van der Waals surface area contributed by atoms with Crippen LogP contribution in [0.15, 0.2) is 108 Å². The van der Waals surface area contributed by atoms with Crippen molar-refractivity contribution in [3.05, 3.63) is 189 Å². The third-order valence-electron chi connectivity index (χ3n) is 30.6. The van der Waals surface area contributed by atoms with Crippen LogP contribution in [0, 0.1) is 96.4 Å². The van der Waals surface area contributed by atoms with E-state index in [2.05, 4.69) is 174 Å². The Balaban J connectivity index is 0.000000161. The van der Waals surface area contributed by atoms with Gasteiger partial charge < -0.3 is 19.6 Å². The quantitative estimate of drug-likeness (QED) is 0.0368. The van der Waals surface area contributed by atoms with E-state index in [1.165, 1.54) is 145 Å². The minimum absolute atomic E-state index is 0.0465. The van der Waals surface area contributed by atoms with Gasteiger partial charge in [-0.3, -0.25) is 0 Å². The van der Waals surface area contributed by atoms with Crippen LogP contribution in [-0.2, 0) is 40.6 Å². The summed E-state index contributed by atoms with van der Waals surface area (Å²) in [6, 6.07) is 36.1.